The SMILES string of the molecule is CN[C@@H](C(=O)N[C@H](C(=O)N(C)[C@H](/C=C(\C)C(=O)O)C(C)C)C(C)(C)C)C(C)(C)c1cc(F)cc(F)c1. The Labute approximate surface area is 213 Å². The number of amides is 2. The number of hydrogen-bond donors (Lipinski definition) is 3. The van der Waals surface area contributed by atoms with Crippen LogP contribution in [0.3, 0.4) is 0 Å². The first kappa shape index (κ1) is 31.2. The molecule has 0 radical (unpaired) electrons. The number of carbonyl (C=O) groups excluding carboxylic acids is 2. The van der Waals surface area contributed by atoms with Gasteiger partial charge in [0.25, 0.3) is 0 Å². The second kappa shape index (κ2) is 12.0. The molecule has 9 heteroatoms. The lowest BCUT2D eigenvalue weighted by Crippen LogP contribution is -2.61. The fraction of sp³-hybridized carbons (Fsp3) is 0.593. The highest BCUT2D eigenvalue weighted by atomic mass is 19.1. The van der Waals surface area contributed by atoms with Crippen LogP contribution in [0.4, 0.5) is 8.78 Å². The van der Waals surface area contributed by atoms with Crippen molar-refractivity contribution in [2.24, 2.45) is 11.3 Å². The molecular formula is C27H41F2N3O4. The molecule has 1 aromatic rings. The number of benzene rings is 1. The molecule has 36 heavy (non-hydrogen) atoms. The molecule has 0 fully saturated rings. The van der Waals surface area contributed by atoms with Crippen molar-refractivity contribution >= 4 is 17.8 Å². The molecule has 0 aliphatic carbocycles. The first-order valence-corrected chi connectivity index (χ1v) is 12.0. The summed E-state index contributed by atoms with van der Waals surface area (Å²) in [6.07, 6.45) is 1.53. The van der Waals surface area contributed by atoms with Crippen LogP contribution in [0.1, 0.15) is 61.0 Å². The second-order valence-corrected chi connectivity index (χ2v) is 11.2. The van der Waals surface area contributed by atoms with E-state index in [-0.39, 0.29) is 17.4 Å². The van der Waals surface area contributed by atoms with Crippen LogP contribution in [-0.2, 0) is 19.8 Å². The summed E-state index contributed by atoms with van der Waals surface area (Å²) in [6.45, 7) is 14.0. The quantitative estimate of drug-likeness (QED) is 0.416. The monoisotopic (exact) mass is 509 g/mol. The van der Waals surface area contributed by atoms with Gasteiger partial charge in [0.2, 0.25) is 11.8 Å². The molecular weight excluding hydrogens is 468 g/mol. The van der Waals surface area contributed by atoms with Gasteiger partial charge in [-0.05, 0) is 43.0 Å². The molecule has 2 amide bonds. The Balaban J connectivity index is 3.36. The summed E-state index contributed by atoms with van der Waals surface area (Å²) in [5.74, 6) is -3.54. The summed E-state index contributed by atoms with van der Waals surface area (Å²) in [6, 6.07) is 0.754. The Kier molecular flexibility index (Phi) is 10.4. The van der Waals surface area contributed by atoms with Crippen LogP contribution >= 0.6 is 0 Å². The molecule has 0 saturated heterocycles. The van der Waals surface area contributed by atoms with E-state index in [4.69, 9.17) is 0 Å². The predicted molar refractivity (Wildman–Crippen MR) is 136 cm³/mol. The minimum atomic E-state index is -1.07. The lowest BCUT2D eigenvalue weighted by Gasteiger charge is -2.40. The predicted octanol–water partition coefficient (Wildman–Crippen LogP) is 3.88. The van der Waals surface area contributed by atoms with E-state index in [1.807, 2.05) is 34.6 Å². The van der Waals surface area contributed by atoms with Crippen LogP contribution in [-0.4, -0.2) is 60.0 Å². The molecule has 3 atom stereocenters. The Morgan fingerprint density at radius 1 is 1.00 bits per heavy atom. The van der Waals surface area contributed by atoms with E-state index in [0.29, 0.717) is 5.56 Å². The maximum Gasteiger partial charge on any atom is 0.331 e. The molecule has 7 nitrogen and oxygen atoms in total. The summed E-state index contributed by atoms with van der Waals surface area (Å²) < 4.78 is 27.8. The third kappa shape index (κ3) is 7.59. The molecule has 0 aliphatic rings. The number of carbonyl (C=O) groups is 3. The number of hydrogen-bond acceptors (Lipinski definition) is 4. The number of aliphatic carboxylic acids is 1. The van der Waals surface area contributed by atoms with Crippen LogP contribution in [0.15, 0.2) is 29.8 Å². The van der Waals surface area contributed by atoms with Crippen molar-refractivity contribution in [3.63, 3.8) is 0 Å². The maximum absolute atomic E-state index is 13.9. The summed E-state index contributed by atoms with van der Waals surface area (Å²) in [4.78, 5) is 40.0. The average molecular weight is 510 g/mol. The van der Waals surface area contributed by atoms with Crippen LogP contribution in [0.5, 0.6) is 0 Å². The fourth-order valence-corrected chi connectivity index (χ4v) is 4.22. The number of nitrogens with zero attached hydrogens (tertiary/aromatic N) is 1. The van der Waals surface area contributed by atoms with E-state index in [2.05, 4.69) is 10.6 Å². The van der Waals surface area contributed by atoms with Crippen molar-refractivity contribution in [2.45, 2.75) is 78.9 Å². The van der Waals surface area contributed by atoms with Crippen molar-refractivity contribution in [1.82, 2.24) is 15.5 Å². The van der Waals surface area contributed by atoms with Gasteiger partial charge in [0.15, 0.2) is 0 Å². The summed E-state index contributed by atoms with van der Waals surface area (Å²) >= 11 is 0. The van der Waals surface area contributed by atoms with E-state index < -0.39 is 52.5 Å². The first-order valence-electron chi connectivity index (χ1n) is 12.0. The molecule has 0 bridgehead atoms. The van der Waals surface area contributed by atoms with Gasteiger partial charge in [-0.1, -0.05) is 54.5 Å². The standard InChI is InChI=1S/C27H41F2N3O4/c1-15(2)20(11-16(3)25(35)36)32(10)24(34)22(26(4,5)6)31-23(33)21(30-9)27(7,8)17-12-18(28)14-19(29)13-17/h11-15,20-22,30H,1-10H3,(H,31,33)(H,35,36)/b16-11+/t20-,21+,22-/m1/s1. The molecule has 0 heterocycles. The van der Waals surface area contributed by atoms with Crippen LogP contribution in [0.2, 0.25) is 0 Å². The minimum Gasteiger partial charge on any atom is -0.478 e. The fourth-order valence-electron chi connectivity index (χ4n) is 4.22. The molecule has 0 unspecified atom stereocenters. The number of nitrogens with one attached hydrogen (secondary N) is 2. The zero-order chi connectivity index (χ0) is 28.2. The average Bonchev–Trinajstić information content (AvgIpc) is 2.73. The van der Waals surface area contributed by atoms with E-state index in [1.54, 1.807) is 27.9 Å². The number of carboxylic acid groups (broad SMARTS) is 1. The number of halogens is 2. The summed E-state index contributed by atoms with van der Waals surface area (Å²) in [5, 5.41) is 15.1. The Bertz CT molecular complexity index is 979. The van der Waals surface area contributed by atoms with Crippen molar-refractivity contribution in [1.29, 1.82) is 0 Å². The Morgan fingerprint density at radius 2 is 1.50 bits per heavy atom. The lowest BCUT2D eigenvalue weighted by atomic mass is 9.76. The normalized spacial score (nSPS) is 15.3. The number of carboxylic acids is 1. The highest BCUT2D eigenvalue weighted by Crippen LogP contribution is 2.30. The Hall–Kier alpha value is -2.81. The summed E-state index contributed by atoms with van der Waals surface area (Å²) in [5.41, 5.74) is -1.31. The van der Waals surface area contributed by atoms with E-state index in [1.165, 1.54) is 30.0 Å². The van der Waals surface area contributed by atoms with Gasteiger partial charge in [-0.25, -0.2) is 13.6 Å². The molecule has 0 spiro atoms. The first-order chi connectivity index (χ1) is 16.3. The molecule has 1 rings (SSSR count). The molecule has 0 aromatic heterocycles. The van der Waals surface area contributed by atoms with E-state index in [9.17, 15) is 28.3 Å². The van der Waals surface area contributed by atoms with Crippen molar-refractivity contribution in [3.8, 4) is 0 Å². The third-order valence-corrected chi connectivity index (χ3v) is 6.51. The van der Waals surface area contributed by atoms with Gasteiger partial charge in [-0.15, -0.1) is 0 Å². The molecule has 1 aromatic carbocycles. The highest BCUT2D eigenvalue weighted by molar-refractivity contribution is 5.91. The topological polar surface area (TPSA) is 98.7 Å². The molecule has 202 valence electrons. The Morgan fingerprint density at radius 3 is 1.89 bits per heavy atom. The van der Waals surface area contributed by atoms with Crippen LogP contribution < -0.4 is 10.6 Å². The number of rotatable bonds is 10. The van der Waals surface area contributed by atoms with Gasteiger partial charge in [0.05, 0.1) is 12.1 Å². The molecule has 0 saturated carbocycles. The van der Waals surface area contributed by atoms with Gasteiger partial charge >= 0.3 is 5.97 Å². The van der Waals surface area contributed by atoms with Gasteiger partial charge in [-0.2, -0.15) is 0 Å². The van der Waals surface area contributed by atoms with Gasteiger partial charge in [-0.3, -0.25) is 9.59 Å². The van der Waals surface area contributed by atoms with Gasteiger partial charge in [0, 0.05) is 24.1 Å². The number of likely N-dealkylation sites (N-methyl/N-ethyl adjacent to an activating group) is 2. The van der Waals surface area contributed by atoms with Crippen LogP contribution in [0, 0.1) is 23.0 Å². The molecule has 3 N–H and O–H groups in total. The van der Waals surface area contributed by atoms with Crippen molar-refractivity contribution in [2.75, 3.05) is 14.1 Å². The van der Waals surface area contributed by atoms with E-state index in [0.717, 1.165) is 6.07 Å². The molecule has 0 aliphatic heterocycles. The van der Waals surface area contributed by atoms with Crippen LogP contribution in [0.25, 0.3) is 0 Å². The van der Waals surface area contributed by atoms with E-state index >= 15 is 0 Å². The highest BCUT2D eigenvalue weighted by Gasteiger charge is 2.42. The van der Waals surface area contributed by atoms with Gasteiger partial charge in [0.1, 0.15) is 17.7 Å². The minimum absolute atomic E-state index is 0.0866. The maximum atomic E-state index is 13.9. The second-order valence-electron chi connectivity index (χ2n) is 11.2. The third-order valence-electron chi connectivity index (χ3n) is 6.51. The smallest absolute Gasteiger partial charge is 0.331 e. The zero-order valence-electron chi connectivity index (χ0n) is 23.0. The van der Waals surface area contributed by atoms with Gasteiger partial charge < -0.3 is 20.6 Å². The zero-order valence-corrected chi connectivity index (χ0v) is 23.0. The largest absolute Gasteiger partial charge is 0.478 e. The summed E-state index contributed by atoms with van der Waals surface area (Å²) in [7, 11) is 3.15. The van der Waals surface area contributed by atoms with Crippen molar-refractivity contribution in [3.05, 3.63) is 47.0 Å². The lowest BCUT2D eigenvalue weighted by molar-refractivity contribution is -0.141. The van der Waals surface area contributed by atoms with Crippen molar-refractivity contribution < 1.29 is 28.3 Å².